The van der Waals surface area contributed by atoms with Crippen LogP contribution in [0.2, 0.25) is 0 Å². The fraction of sp³-hybridized carbons (Fsp3) is 0.500. The van der Waals surface area contributed by atoms with Crippen LogP contribution in [0.15, 0.2) is 18.2 Å². The lowest BCUT2D eigenvalue weighted by molar-refractivity contribution is -0.128. The maximum atomic E-state index is 12.6. The molecule has 0 saturated carbocycles. The van der Waals surface area contributed by atoms with E-state index in [1.807, 2.05) is 0 Å². The van der Waals surface area contributed by atoms with Crippen molar-refractivity contribution >= 4 is 27.7 Å². The minimum Gasteiger partial charge on any atom is -0.454 e. The summed E-state index contributed by atoms with van der Waals surface area (Å²) in [6.45, 7) is 0.225. The largest absolute Gasteiger partial charge is 0.454 e. The van der Waals surface area contributed by atoms with Crippen molar-refractivity contribution in [2.24, 2.45) is 0 Å². The van der Waals surface area contributed by atoms with Crippen molar-refractivity contribution < 1.29 is 32.3 Å². The van der Waals surface area contributed by atoms with Crippen molar-refractivity contribution in [3.05, 3.63) is 23.8 Å². The lowest BCUT2D eigenvalue weighted by atomic mass is 10.1. The van der Waals surface area contributed by atoms with E-state index >= 15 is 0 Å². The first-order valence-corrected chi connectivity index (χ1v) is 11.1. The lowest BCUT2D eigenvalue weighted by Gasteiger charge is -2.14. The van der Waals surface area contributed by atoms with E-state index in [-0.39, 0.29) is 49.6 Å². The molecule has 2 N–H and O–H groups in total. The van der Waals surface area contributed by atoms with E-state index in [9.17, 15) is 22.8 Å². The van der Waals surface area contributed by atoms with Crippen molar-refractivity contribution in [2.75, 3.05) is 18.3 Å². The summed E-state index contributed by atoms with van der Waals surface area (Å²) in [5, 5.41) is 5.27. The van der Waals surface area contributed by atoms with Crippen LogP contribution in [0.5, 0.6) is 11.5 Å². The number of amides is 4. The summed E-state index contributed by atoms with van der Waals surface area (Å²) in [5.74, 6) is 0.472. The molecule has 3 heterocycles. The first-order chi connectivity index (χ1) is 13.8. The normalized spacial score (nSPS) is 24.6. The number of urea groups is 1. The number of nitrogens with zero attached hydrogens (tertiary/aromatic N) is 1. The van der Waals surface area contributed by atoms with Crippen molar-refractivity contribution in [2.45, 2.75) is 37.9 Å². The molecule has 1 aromatic rings. The number of benzene rings is 1. The number of hydrogen-bond donors (Lipinski definition) is 2. The topological polar surface area (TPSA) is 131 Å². The first kappa shape index (κ1) is 19.5. The van der Waals surface area contributed by atoms with E-state index in [2.05, 4.69) is 10.6 Å². The van der Waals surface area contributed by atoms with Gasteiger partial charge in [-0.3, -0.25) is 14.5 Å². The number of rotatable bonds is 6. The third-order valence-electron chi connectivity index (χ3n) is 5.14. The average Bonchev–Trinajstić information content (AvgIpc) is 3.33. The number of fused-ring (bicyclic) bond motifs is 1. The molecule has 3 aliphatic heterocycles. The van der Waals surface area contributed by atoms with Gasteiger partial charge in [0.2, 0.25) is 12.7 Å². The second-order valence-corrected chi connectivity index (χ2v) is 9.55. The van der Waals surface area contributed by atoms with E-state index in [1.54, 1.807) is 18.2 Å². The quantitative estimate of drug-likeness (QED) is 0.612. The van der Waals surface area contributed by atoms with Gasteiger partial charge in [-0.1, -0.05) is 6.07 Å². The molecular weight excluding hydrogens is 402 g/mol. The molecule has 0 bridgehead atoms. The van der Waals surface area contributed by atoms with Crippen LogP contribution in [0.1, 0.15) is 24.8 Å². The van der Waals surface area contributed by atoms with Crippen LogP contribution >= 0.6 is 0 Å². The number of hydrogen-bond acceptors (Lipinski definition) is 7. The summed E-state index contributed by atoms with van der Waals surface area (Å²) in [6.07, 6.45) is 0.565. The lowest BCUT2D eigenvalue weighted by Crippen LogP contribution is -2.37. The van der Waals surface area contributed by atoms with E-state index in [4.69, 9.17) is 9.47 Å². The molecule has 0 aromatic heterocycles. The maximum absolute atomic E-state index is 12.6. The van der Waals surface area contributed by atoms with Gasteiger partial charge >= 0.3 is 6.03 Å². The Morgan fingerprint density at radius 2 is 2.03 bits per heavy atom. The van der Waals surface area contributed by atoms with E-state index in [1.165, 1.54) is 0 Å². The smallest absolute Gasteiger partial charge is 0.325 e. The molecule has 0 aliphatic carbocycles. The molecule has 4 rings (SSSR count). The average molecular weight is 423 g/mol. The zero-order chi connectivity index (χ0) is 20.6. The monoisotopic (exact) mass is 423 g/mol. The van der Waals surface area contributed by atoms with Gasteiger partial charge in [-0.25, -0.2) is 13.2 Å². The van der Waals surface area contributed by atoms with E-state index < -0.39 is 27.8 Å². The predicted octanol–water partition coefficient (Wildman–Crippen LogP) is -0.0808. The predicted molar refractivity (Wildman–Crippen MR) is 99.9 cm³/mol. The Morgan fingerprint density at radius 3 is 2.79 bits per heavy atom. The zero-order valence-corrected chi connectivity index (χ0v) is 16.4. The number of ether oxygens (including phenoxy) is 2. The van der Waals surface area contributed by atoms with E-state index in [0.717, 1.165) is 10.5 Å². The molecule has 0 radical (unpaired) electrons. The van der Waals surface area contributed by atoms with Crippen LogP contribution in [0.3, 0.4) is 0 Å². The Morgan fingerprint density at radius 1 is 1.24 bits per heavy atom. The first-order valence-electron chi connectivity index (χ1n) is 9.31. The van der Waals surface area contributed by atoms with Crippen LogP contribution in [0, 0.1) is 0 Å². The van der Waals surface area contributed by atoms with Gasteiger partial charge in [-0.2, -0.15) is 0 Å². The molecule has 11 heteroatoms. The molecule has 156 valence electrons. The highest BCUT2D eigenvalue weighted by Gasteiger charge is 2.38. The molecule has 2 atom stereocenters. The molecule has 29 heavy (non-hydrogen) atoms. The van der Waals surface area contributed by atoms with Gasteiger partial charge in [0, 0.05) is 12.5 Å². The maximum Gasteiger partial charge on any atom is 0.325 e. The van der Waals surface area contributed by atoms with Gasteiger partial charge in [0.05, 0.1) is 18.1 Å². The van der Waals surface area contributed by atoms with Crippen LogP contribution in [-0.4, -0.2) is 61.5 Å². The summed E-state index contributed by atoms with van der Waals surface area (Å²) in [7, 11) is -3.08. The molecule has 4 amide bonds. The minimum atomic E-state index is -3.08. The second-order valence-electron chi connectivity index (χ2n) is 7.32. The molecule has 2 fully saturated rings. The van der Waals surface area contributed by atoms with Crippen molar-refractivity contribution in [1.82, 2.24) is 15.5 Å². The van der Waals surface area contributed by atoms with Crippen LogP contribution in [0.25, 0.3) is 0 Å². The molecule has 0 unspecified atom stereocenters. The summed E-state index contributed by atoms with van der Waals surface area (Å²) in [6, 6.07) is 3.52. The Balaban J connectivity index is 1.29. The van der Waals surface area contributed by atoms with Gasteiger partial charge in [0.15, 0.2) is 21.3 Å². The standard InChI is InChI=1S/C18H21N3O7S/c22-16(19-12-5-6-29(25,26)9-12)4-2-13-17(23)21(18(24)20-13)8-11-1-3-14-15(7-11)28-10-27-14/h1,3,7,12-13H,2,4-6,8-10H2,(H,19,22)(H,20,24)/t12-,13-/m1/s1. The Bertz CT molecular complexity index is 962. The second kappa shape index (κ2) is 7.54. The molecule has 2 saturated heterocycles. The third kappa shape index (κ3) is 4.29. The summed E-state index contributed by atoms with van der Waals surface area (Å²) >= 11 is 0. The fourth-order valence-corrected chi connectivity index (χ4v) is 5.30. The number of nitrogens with one attached hydrogen (secondary N) is 2. The highest BCUT2D eigenvalue weighted by Crippen LogP contribution is 2.33. The van der Waals surface area contributed by atoms with Crippen LogP contribution < -0.4 is 20.1 Å². The Kier molecular flexibility index (Phi) is 5.07. The Labute approximate surface area is 167 Å². The minimum absolute atomic E-state index is 0.0189. The number of imide groups is 1. The molecule has 10 nitrogen and oxygen atoms in total. The Hall–Kier alpha value is -2.82. The van der Waals surface area contributed by atoms with Crippen LogP contribution in [0.4, 0.5) is 4.79 Å². The van der Waals surface area contributed by atoms with Gasteiger partial charge in [0.1, 0.15) is 6.04 Å². The van der Waals surface area contributed by atoms with Gasteiger partial charge in [-0.15, -0.1) is 0 Å². The molecular formula is C18H21N3O7S. The molecule has 0 spiro atoms. The summed E-state index contributed by atoms with van der Waals surface area (Å²) in [4.78, 5) is 37.9. The number of sulfone groups is 1. The highest BCUT2D eigenvalue weighted by atomic mass is 32.2. The van der Waals surface area contributed by atoms with Crippen molar-refractivity contribution in [3.8, 4) is 11.5 Å². The van der Waals surface area contributed by atoms with E-state index in [0.29, 0.717) is 17.9 Å². The van der Waals surface area contributed by atoms with Gasteiger partial charge in [-0.05, 0) is 30.5 Å². The van der Waals surface area contributed by atoms with Crippen LogP contribution in [-0.2, 0) is 26.0 Å². The van der Waals surface area contributed by atoms with Crippen molar-refractivity contribution in [3.63, 3.8) is 0 Å². The number of carbonyl (C=O) groups is 3. The highest BCUT2D eigenvalue weighted by molar-refractivity contribution is 7.91. The zero-order valence-electron chi connectivity index (χ0n) is 15.5. The molecule has 3 aliphatic rings. The summed E-state index contributed by atoms with van der Waals surface area (Å²) in [5.41, 5.74) is 0.721. The SMILES string of the molecule is O=C(CC[C@H]1NC(=O)N(Cc2ccc3c(c2)OCO3)C1=O)N[C@@H]1CCS(=O)(=O)C1. The van der Waals surface area contributed by atoms with Gasteiger partial charge in [0.25, 0.3) is 5.91 Å². The fourth-order valence-electron chi connectivity index (χ4n) is 3.63. The molecule has 1 aromatic carbocycles. The third-order valence-corrected chi connectivity index (χ3v) is 6.91. The van der Waals surface area contributed by atoms with Gasteiger partial charge < -0.3 is 20.1 Å². The summed E-state index contributed by atoms with van der Waals surface area (Å²) < 4.78 is 33.5. The number of carbonyl (C=O) groups excluding carboxylic acids is 3. The van der Waals surface area contributed by atoms with Crippen molar-refractivity contribution in [1.29, 1.82) is 0 Å².